The number of sulfone groups is 1. The van der Waals surface area contributed by atoms with Crippen molar-refractivity contribution in [3.05, 3.63) is 11.0 Å². The molecule has 0 aromatic rings. The van der Waals surface area contributed by atoms with Crippen LogP contribution >= 0.6 is 0 Å². The van der Waals surface area contributed by atoms with E-state index in [0.717, 1.165) is 19.3 Å². The number of rotatable bonds is 4. The maximum atomic E-state index is 11.6. The van der Waals surface area contributed by atoms with E-state index in [4.69, 9.17) is 5.11 Å². The molecule has 0 aromatic heterocycles. The van der Waals surface area contributed by atoms with Crippen LogP contribution in [0, 0.1) is 0 Å². The molecular formula is C9H14O4S. The normalized spacial score (nSPS) is 17.6. The molecule has 0 radical (unpaired) electrons. The predicted molar refractivity (Wildman–Crippen MR) is 52.6 cm³/mol. The second kappa shape index (κ2) is 4.59. The molecule has 0 bridgehead atoms. The van der Waals surface area contributed by atoms with Crippen molar-refractivity contribution < 1.29 is 18.3 Å². The van der Waals surface area contributed by atoms with E-state index in [1.54, 1.807) is 6.08 Å². The van der Waals surface area contributed by atoms with E-state index in [1.807, 2.05) is 0 Å². The molecule has 0 saturated carbocycles. The van der Waals surface area contributed by atoms with Crippen LogP contribution in [0.5, 0.6) is 0 Å². The molecule has 1 aliphatic carbocycles. The molecule has 0 spiro atoms. The summed E-state index contributed by atoms with van der Waals surface area (Å²) < 4.78 is 23.1. The molecule has 1 N–H and O–H groups in total. The van der Waals surface area contributed by atoms with Crippen LogP contribution in [-0.2, 0) is 14.6 Å². The summed E-state index contributed by atoms with van der Waals surface area (Å²) in [6, 6.07) is 0. The summed E-state index contributed by atoms with van der Waals surface area (Å²) >= 11 is 0. The van der Waals surface area contributed by atoms with Gasteiger partial charge in [-0.2, -0.15) is 0 Å². The Kier molecular flexibility index (Phi) is 3.69. The van der Waals surface area contributed by atoms with Gasteiger partial charge in [0.2, 0.25) is 0 Å². The minimum atomic E-state index is -3.30. The second-order valence-corrected chi connectivity index (χ2v) is 5.54. The van der Waals surface area contributed by atoms with E-state index in [1.165, 1.54) is 0 Å². The Bertz CT molecular complexity index is 340. The highest BCUT2D eigenvalue weighted by Crippen LogP contribution is 2.23. The molecule has 4 nitrogen and oxygen atoms in total. The summed E-state index contributed by atoms with van der Waals surface area (Å²) in [5.41, 5.74) is 0. The van der Waals surface area contributed by atoms with Crippen LogP contribution in [0.2, 0.25) is 0 Å². The number of carboxylic acid groups (broad SMARTS) is 1. The molecule has 0 fully saturated rings. The number of aliphatic carboxylic acids is 1. The van der Waals surface area contributed by atoms with Gasteiger partial charge in [0.1, 0.15) is 0 Å². The Labute approximate surface area is 83.5 Å². The SMILES string of the molecule is O=C(O)CCS(=O)(=O)C1=CCCCC1. The van der Waals surface area contributed by atoms with Gasteiger partial charge >= 0.3 is 5.97 Å². The number of hydrogen-bond donors (Lipinski definition) is 1. The topological polar surface area (TPSA) is 71.4 Å². The molecular weight excluding hydrogens is 204 g/mol. The Morgan fingerprint density at radius 3 is 2.64 bits per heavy atom. The quantitative estimate of drug-likeness (QED) is 0.772. The second-order valence-electron chi connectivity index (χ2n) is 3.38. The molecule has 0 saturated heterocycles. The van der Waals surface area contributed by atoms with Crippen molar-refractivity contribution in [2.45, 2.75) is 32.1 Å². The summed E-state index contributed by atoms with van der Waals surface area (Å²) in [7, 11) is -3.30. The lowest BCUT2D eigenvalue weighted by Crippen LogP contribution is -2.14. The summed E-state index contributed by atoms with van der Waals surface area (Å²) in [5.74, 6) is -1.33. The van der Waals surface area contributed by atoms with Crippen LogP contribution < -0.4 is 0 Å². The van der Waals surface area contributed by atoms with Gasteiger partial charge in [0.25, 0.3) is 0 Å². The van der Waals surface area contributed by atoms with Gasteiger partial charge in [-0.1, -0.05) is 6.08 Å². The third-order valence-corrected chi connectivity index (χ3v) is 4.14. The first-order valence-corrected chi connectivity index (χ1v) is 6.31. The van der Waals surface area contributed by atoms with Gasteiger partial charge in [0.15, 0.2) is 9.84 Å². The highest BCUT2D eigenvalue weighted by molar-refractivity contribution is 7.95. The highest BCUT2D eigenvalue weighted by Gasteiger charge is 2.20. The van der Waals surface area contributed by atoms with E-state index in [9.17, 15) is 13.2 Å². The first kappa shape index (κ1) is 11.2. The monoisotopic (exact) mass is 218 g/mol. The maximum Gasteiger partial charge on any atom is 0.304 e. The Balaban J connectivity index is 2.64. The maximum absolute atomic E-state index is 11.6. The van der Waals surface area contributed by atoms with Gasteiger partial charge in [-0.25, -0.2) is 8.42 Å². The third kappa shape index (κ3) is 3.14. The largest absolute Gasteiger partial charge is 0.481 e. The van der Waals surface area contributed by atoms with Gasteiger partial charge in [-0.3, -0.25) is 4.79 Å². The van der Waals surface area contributed by atoms with Crippen LogP contribution in [0.4, 0.5) is 0 Å². The first-order valence-electron chi connectivity index (χ1n) is 4.66. The highest BCUT2D eigenvalue weighted by atomic mass is 32.2. The lowest BCUT2D eigenvalue weighted by atomic mass is 10.1. The third-order valence-electron chi connectivity index (χ3n) is 2.23. The van der Waals surface area contributed by atoms with Crippen molar-refractivity contribution >= 4 is 15.8 Å². The van der Waals surface area contributed by atoms with Crippen molar-refractivity contribution in [1.29, 1.82) is 0 Å². The van der Waals surface area contributed by atoms with E-state index in [0.29, 0.717) is 11.3 Å². The number of carboxylic acids is 1. The van der Waals surface area contributed by atoms with Crippen LogP contribution in [0.25, 0.3) is 0 Å². The number of allylic oxidation sites excluding steroid dienone is 2. The number of carbonyl (C=O) groups is 1. The zero-order chi connectivity index (χ0) is 10.6. The standard InChI is InChI=1S/C9H14O4S/c10-9(11)6-7-14(12,13)8-4-2-1-3-5-8/h4H,1-3,5-7H2,(H,10,11). The fourth-order valence-corrected chi connectivity index (χ4v) is 2.98. The molecule has 0 heterocycles. The zero-order valence-corrected chi connectivity index (χ0v) is 8.72. The van der Waals surface area contributed by atoms with Crippen LogP contribution in [-0.4, -0.2) is 25.2 Å². The molecule has 1 aliphatic rings. The Hall–Kier alpha value is -0.840. The fourth-order valence-electron chi connectivity index (χ4n) is 1.44. The van der Waals surface area contributed by atoms with Gasteiger partial charge in [-0.15, -0.1) is 0 Å². The minimum Gasteiger partial charge on any atom is -0.481 e. The van der Waals surface area contributed by atoms with Crippen LogP contribution in [0.15, 0.2) is 11.0 Å². The average Bonchev–Trinajstić information content (AvgIpc) is 2.16. The van der Waals surface area contributed by atoms with Gasteiger partial charge in [0, 0.05) is 4.91 Å². The van der Waals surface area contributed by atoms with E-state index in [2.05, 4.69) is 0 Å². The van der Waals surface area contributed by atoms with Crippen LogP contribution in [0.3, 0.4) is 0 Å². The predicted octanol–water partition coefficient (Wildman–Crippen LogP) is 1.33. The smallest absolute Gasteiger partial charge is 0.304 e. The van der Waals surface area contributed by atoms with Gasteiger partial charge in [0.05, 0.1) is 12.2 Å². The van der Waals surface area contributed by atoms with E-state index < -0.39 is 15.8 Å². The van der Waals surface area contributed by atoms with Crippen molar-refractivity contribution in [3.63, 3.8) is 0 Å². The van der Waals surface area contributed by atoms with Gasteiger partial charge < -0.3 is 5.11 Å². The summed E-state index contributed by atoms with van der Waals surface area (Å²) in [6.45, 7) is 0. The summed E-state index contributed by atoms with van der Waals surface area (Å²) in [5, 5.41) is 8.39. The number of hydrogen-bond acceptors (Lipinski definition) is 3. The van der Waals surface area contributed by atoms with Crippen molar-refractivity contribution in [2.75, 3.05) is 5.75 Å². The molecule has 0 amide bonds. The van der Waals surface area contributed by atoms with Crippen molar-refractivity contribution in [1.82, 2.24) is 0 Å². The zero-order valence-electron chi connectivity index (χ0n) is 7.90. The molecule has 0 aromatic carbocycles. The Morgan fingerprint density at radius 2 is 2.14 bits per heavy atom. The molecule has 80 valence electrons. The Morgan fingerprint density at radius 1 is 1.43 bits per heavy atom. The molecule has 0 atom stereocenters. The van der Waals surface area contributed by atoms with Crippen LogP contribution in [0.1, 0.15) is 32.1 Å². The first-order chi connectivity index (χ1) is 6.52. The molecule has 14 heavy (non-hydrogen) atoms. The average molecular weight is 218 g/mol. The van der Waals surface area contributed by atoms with Gasteiger partial charge in [-0.05, 0) is 25.7 Å². The minimum absolute atomic E-state index is 0.270. The molecule has 5 heteroatoms. The molecule has 1 rings (SSSR count). The molecule has 0 aliphatic heterocycles. The van der Waals surface area contributed by atoms with E-state index >= 15 is 0 Å². The fraction of sp³-hybridized carbons (Fsp3) is 0.667. The van der Waals surface area contributed by atoms with Crippen molar-refractivity contribution in [2.24, 2.45) is 0 Å². The lowest BCUT2D eigenvalue weighted by Gasteiger charge is -2.12. The summed E-state index contributed by atoms with van der Waals surface area (Å²) in [6.07, 6.45) is 4.69. The summed E-state index contributed by atoms with van der Waals surface area (Å²) in [4.78, 5) is 10.7. The molecule has 0 unspecified atom stereocenters. The van der Waals surface area contributed by atoms with E-state index in [-0.39, 0.29) is 12.2 Å². The van der Waals surface area contributed by atoms with Crippen molar-refractivity contribution in [3.8, 4) is 0 Å². The lowest BCUT2D eigenvalue weighted by molar-refractivity contribution is -0.136.